The van der Waals surface area contributed by atoms with Crippen molar-refractivity contribution in [1.29, 1.82) is 0 Å². The van der Waals surface area contributed by atoms with Crippen molar-refractivity contribution in [2.75, 3.05) is 5.32 Å². The van der Waals surface area contributed by atoms with Crippen LogP contribution in [0.2, 0.25) is 5.02 Å². The number of ether oxygens (including phenoxy) is 1. The minimum absolute atomic E-state index is 0.141. The second-order valence-electron chi connectivity index (χ2n) is 4.14. The number of rotatable bonds is 5. The summed E-state index contributed by atoms with van der Waals surface area (Å²) in [6.07, 6.45) is 3.15. The van der Waals surface area contributed by atoms with Crippen LogP contribution >= 0.6 is 11.6 Å². The molecular formula is C14H13ClF2N2O. The number of pyridine rings is 1. The maximum absolute atomic E-state index is 12.4. The average Bonchev–Trinajstić information content (AvgIpc) is 2.41. The molecule has 0 aliphatic rings. The number of halogens is 3. The van der Waals surface area contributed by atoms with Crippen LogP contribution in [0.3, 0.4) is 0 Å². The number of nitrogens with zero attached hydrogens (tertiary/aromatic N) is 1. The largest absolute Gasteiger partial charge is 0.434 e. The lowest BCUT2D eigenvalue weighted by Crippen LogP contribution is -2.11. The van der Waals surface area contributed by atoms with Gasteiger partial charge in [0.1, 0.15) is 5.75 Å². The molecule has 0 spiro atoms. The van der Waals surface area contributed by atoms with Crippen molar-refractivity contribution in [2.24, 2.45) is 0 Å². The first-order valence-electron chi connectivity index (χ1n) is 5.97. The molecule has 1 N–H and O–H groups in total. The van der Waals surface area contributed by atoms with Gasteiger partial charge < -0.3 is 10.1 Å². The van der Waals surface area contributed by atoms with E-state index in [2.05, 4.69) is 15.0 Å². The topological polar surface area (TPSA) is 34.2 Å². The van der Waals surface area contributed by atoms with Gasteiger partial charge in [-0.1, -0.05) is 29.8 Å². The summed E-state index contributed by atoms with van der Waals surface area (Å²) in [5.41, 5.74) is 1.25. The van der Waals surface area contributed by atoms with Crippen LogP contribution in [-0.4, -0.2) is 11.6 Å². The van der Waals surface area contributed by atoms with E-state index in [-0.39, 0.29) is 11.8 Å². The Morgan fingerprint density at radius 1 is 1.25 bits per heavy atom. The molecule has 20 heavy (non-hydrogen) atoms. The summed E-state index contributed by atoms with van der Waals surface area (Å²) in [7, 11) is 0. The highest BCUT2D eigenvalue weighted by atomic mass is 35.5. The number of hydrogen-bond acceptors (Lipinski definition) is 3. The third-order valence-electron chi connectivity index (χ3n) is 2.74. The van der Waals surface area contributed by atoms with E-state index in [4.69, 9.17) is 11.6 Å². The van der Waals surface area contributed by atoms with E-state index in [1.54, 1.807) is 36.7 Å². The minimum Gasteiger partial charge on any atom is -0.434 e. The second-order valence-corrected chi connectivity index (χ2v) is 4.55. The Morgan fingerprint density at radius 2 is 2.00 bits per heavy atom. The van der Waals surface area contributed by atoms with Crippen LogP contribution in [0.25, 0.3) is 0 Å². The summed E-state index contributed by atoms with van der Waals surface area (Å²) < 4.78 is 29.3. The summed E-state index contributed by atoms with van der Waals surface area (Å²) in [6.45, 7) is -1.03. The zero-order valence-corrected chi connectivity index (χ0v) is 11.4. The molecule has 0 aliphatic carbocycles. The molecule has 1 atom stereocenters. The number of alkyl halides is 2. The van der Waals surface area contributed by atoms with Crippen LogP contribution in [0.15, 0.2) is 42.7 Å². The molecule has 3 nitrogen and oxygen atoms in total. The molecule has 0 fully saturated rings. The molecule has 0 amide bonds. The van der Waals surface area contributed by atoms with Crippen molar-refractivity contribution >= 4 is 17.3 Å². The van der Waals surface area contributed by atoms with Crippen LogP contribution in [0.4, 0.5) is 14.5 Å². The first-order valence-corrected chi connectivity index (χ1v) is 6.35. The Bertz CT molecular complexity index is 581. The summed E-state index contributed by atoms with van der Waals surface area (Å²) in [5.74, 6) is 0.141. The predicted octanol–water partition coefficient (Wildman–Crippen LogP) is 4.51. The highest BCUT2D eigenvalue weighted by Crippen LogP contribution is 2.30. The summed E-state index contributed by atoms with van der Waals surface area (Å²) in [6, 6.07) is 8.02. The highest BCUT2D eigenvalue weighted by molar-refractivity contribution is 6.33. The van der Waals surface area contributed by atoms with Crippen molar-refractivity contribution in [3.63, 3.8) is 0 Å². The van der Waals surface area contributed by atoms with Gasteiger partial charge >= 0.3 is 6.61 Å². The zero-order chi connectivity index (χ0) is 14.5. The van der Waals surface area contributed by atoms with Crippen molar-refractivity contribution < 1.29 is 13.5 Å². The van der Waals surface area contributed by atoms with E-state index in [0.29, 0.717) is 16.3 Å². The molecule has 1 heterocycles. The van der Waals surface area contributed by atoms with E-state index < -0.39 is 6.61 Å². The van der Waals surface area contributed by atoms with E-state index in [0.717, 1.165) is 0 Å². The van der Waals surface area contributed by atoms with Crippen molar-refractivity contribution in [3.05, 3.63) is 53.3 Å². The van der Waals surface area contributed by atoms with Crippen molar-refractivity contribution in [3.8, 4) is 5.75 Å². The molecule has 1 aromatic carbocycles. The van der Waals surface area contributed by atoms with Gasteiger partial charge in [0.25, 0.3) is 0 Å². The first kappa shape index (κ1) is 14.5. The van der Waals surface area contributed by atoms with Crippen LogP contribution < -0.4 is 10.1 Å². The molecule has 0 bridgehead atoms. The number of anilines is 1. The quantitative estimate of drug-likeness (QED) is 0.882. The van der Waals surface area contributed by atoms with E-state index in [9.17, 15) is 8.78 Å². The Hall–Kier alpha value is -1.88. The molecule has 1 unspecified atom stereocenters. The number of benzene rings is 1. The Morgan fingerprint density at radius 3 is 2.70 bits per heavy atom. The normalized spacial score (nSPS) is 12.2. The molecule has 0 saturated carbocycles. The molecule has 0 radical (unpaired) electrons. The molecular weight excluding hydrogens is 286 g/mol. The van der Waals surface area contributed by atoms with E-state index >= 15 is 0 Å². The van der Waals surface area contributed by atoms with Crippen LogP contribution in [-0.2, 0) is 0 Å². The second kappa shape index (κ2) is 6.52. The molecule has 106 valence electrons. The zero-order valence-electron chi connectivity index (χ0n) is 10.7. The van der Waals surface area contributed by atoms with Gasteiger partial charge in [-0.15, -0.1) is 0 Å². The average molecular weight is 299 g/mol. The smallest absolute Gasteiger partial charge is 0.387 e. The monoisotopic (exact) mass is 298 g/mol. The van der Waals surface area contributed by atoms with Gasteiger partial charge in [-0.05, 0) is 19.1 Å². The van der Waals surface area contributed by atoms with Gasteiger partial charge in [-0.2, -0.15) is 8.78 Å². The molecule has 0 saturated heterocycles. The van der Waals surface area contributed by atoms with E-state index in [1.807, 2.05) is 6.92 Å². The van der Waals surface area contributed by atoms with Gasteiger partial charge in [0.15, 0.2) is 0 Å². The Labute approximate surface area is 120 Å². The lowest BCUT2D eigenvalue weighted by atomic mass is 10.1. The fourth-order valence-electron chi connectivity index (χ4n) is 1.84. The number of aromatic nitrogens is 1. The minimum atomic E-state index is -2.86. The molecule has 2 aromatic rings. The van der Waals surface area contributed by atoms with Gasteiger partial charge in [-0.3, -0.25) is 4.98 Å². The third kappa shape index (κ3) is 3.57. The molecule has 0 aliphatic heterocycles. The van der Waals surface area contributed by atoms with Crippen molar-refractivity contribution in [1.82, 2.24) is 4.98 Å². The SMILES string of the molecule is CC(Nc1cnccc1Cl)c1ccccc1OC(F)F. The van der Waals surface area contributed by atoms with Crippen LogP contribution in [0.1, 0.15) is 18.5 Å². The maximum atomic E-state index is 12.4. The van der Waals surface area contributed by atoms with Gasteiger partial charge in [0.05, 0.1) is 22.9 Å². The number of para-hydroxylation sites is 1. The summed E-state index contributed by atoms with van der Waals surface area (Å²) >= 11 is 6.03. The lowest BCUT2D eigenvalue weighted by Gasteiger charge is -2.19. The lowest BCUT2D eigenvalue weighted by molar-refractivity contribution is -0.0505. The van der Waals surface area contributed by atoms with E-state index in [1.165, 1.54) is 6.07 Å². The van der Waals surface area contributed by atoms with Gasteiger partial charge in [-0.25, -0.2) is 0 Å². The van der Waals surface area contributed by atoms with Crippen LogP contribution in [0, 0.1) is 0 Å². The molecule has 2 rings (SSSR count). The summed E-state index contributed by atoms with van der Waals surface area (Å²) in [4.78, 5) is 3.96. The van der Waals surface area contributed by atoms with Gasteiger partial charge in [0, 0.05) is 11.8 Å². The van der Waals surface area contributed by atoms with Crippen LogP contribution in [0.5, 0.6) is 5.75 Å². The van der Waals surface area contributed by atoms with Gasteiger partial charge in [0.2, 0.25) is 0 Å². The Kier molecular flexibility index (Phi) is 4.74. The first-order chi connectivity index (χ1) is 9.58. The number of hydrogen-bond donors (Lipinski definition) is 1. The number of nitrogens with one attached hydrogen (secondary N) is 1. The fourth-order valence-corrected chi connectivity index (χ4v) is 2.00. The molecule has 6 heteroatoms. The third-order valence-corrected chi connectivity index (χ3v) is 3.07. The predicted molar refractivity (Wildman–Crippen MR) is 74.4 cm³/mol. The molecule has 1 aromatic heterocycles. The van der Waals surface area contributed by atoms with Crippen molar-refractivity contribution in [2.45, 2.75) is 19.6 Å². The standard InChI is InChI=1S/C14H13ClF2N2O/c1-9(19-12-8-18-7-6-11(12)15)10-4-2-3-5-13(10)20-14(16)17/h2-9,14,19H,1H3. The summed E-state index contributed by atoms with van der Waals surface area (Å²) in [5, 5.41) is 3.63. The fraction of sp³-hybridized carbons (Fsp3) is 0.214. The maximum Gasteiger partial charge on any atom is 0.387 e. The highest BCUT2D eigenvalue weighted by Gasteiger charge is 2.15. The Balaban J connectivity index is 2.21.